The zero-order chi connectivity index (χ0) is 18.1. The molecular formula is C18H27FN4O2. The van der Waals surface area contributed by atoms with Gasteiger partial charge in [-0.3, -0.25) is 14.5 Å². The molecule has 0 saturated carbocycles. The van der Waals surface area contributed by atoms with Crippen molar-refractivity contribution in [3.05, 3.63) is 35.6 Å². The van der Waals surface area contributed by atoms with Crippen LogP contribution in [0.1, 0.15) is 23.2 Å². The molecule has 0 spiro atoms. The number of nitrogens with one attached hydrogen (secondary N) is 2. The summed E-state index contributed by atoms with van der Waals surface area (Å²) in [6, 6.07) is 5.96. The second-order valence-corrected chi connectivity index (χ2v) is 6.17. The van der Waals surface area contributed by atoms with Crippen LogP contribution >= 0.6 is 0 Å². The van der Waals surface area contributed by atoms with Crippen molar-refractivity contribution in [2.75, 3.05) is 52.9 Å². The van der Waals surface area contributed by atoms with Crippen LogP contribution in [0.2, 0.25) is 0 Å². The van der Waals surface area contributed by atoms with E-state index < -0.39 is 11.7 Å². The van der Waals surface area contributed by atoms with Crippen LogP contribution in [0.15, 0.2) is 24.3 Å². The maximum Gasteiger partial charge on any atom is 0.254 e. The number of hydrogen-bond acceptors (Lipinski definition) is 4. The first kappa shape index (κ1) is 19.3. The van der Waals surface area contributed by atoms with E-state index in [1.54, 1.807) is 12.1 Å². The third-order valence-electron chi connectivity index (χ3n) is 4.37. The average molecular weight is 350 g/mol. The smallest absolute Gasteiger partial charge is 0.254 e. The minimum absolute atomic E-state index is 0.0690. The zero-order valence-electron chi connectivity index (χ0n) is 14.8. The fourth-order valence-electron chi connectivity index (χ4n) is 2.86. The molecule has 7 heteroatoms. The SMILES string of the molecule is CNCCCC(=O)N1CCN(CCNC(=O)c2ccccc2F)CC1. The molecule has 1 aromatic carbocycles. The van der Waals surface area contributed by atoms with Gasteiger partial charge in [0, 0.05) is 45.7 Å². The van der Waals surface area contributed by atoms with Gasteiger partial charge in [0.1, 0.15) is 5.82 Å². The Hall–Kier alpha value is -1.99. The van der Waals surface area contributed by atoms with Crippen molar-refractivity contribution in [3.8, 4) is 0 Å². The Morgan fingerprint density at radius 2 is 1.84 bits per heavy atom. The molecule has 1 heterocycles. The first-order chi connectivity index (χ1) is 12.1. The van der Waals surface area contributed by atoms with E-state index in [1.165, 1.54) is 12.1 Å². The van der Waals surface area contributed by atoms with Gasteiger partial charge >= 0.3 is 0 Å². The molecule has 0 bridgehead atoms. The van der Waals surface area contributed by atoms with Crippen molar-refractivity contribution >= 4 is 11.8 Å². The van der Waals surface area contributed by atoms with Crippen molar-refractivity contribution in [3.63, 3.8) is 0 Å². The van der Waals surface area contributed by atoms with Gasteiger partial charge in [0.2, 0.25) is 5.91 Å². The fraction of sp³-hybridized carbons (Fsp3) is 0.556. The Morgan fingerprint density at radius 1 is 1.12 bits per heavy atom. The molecule has 2 amide bonds. The molecule has 1 aliphatic heterocycles. The van der Waals surface area contributed by atoms with Crippen LogP contribution < -0.4 is 10.6 Å². The van der Waals surface area contributed by atoms with Gasteiger partial charge in [0.25, 0.3) is 5.91 Å². The topological polar surface area (TPSA) is 64.7 Å². The number of carbonyl (C=O) groups excluding carboxylic acids is 2. The van der Waals surface area contributed by atoms with Gasteiger partial charge in [0.15, 0.2) is 0 Å². The van der Waals surface area contributed by atoms with Crippen molar-refractivity contribution in [2.45, 2.75) is 12.8 Å². The first-order valence-corrected chi connectivity index (χ1v) is 8.79. The summed E-state index contributed by atoms with van der Waals surface area (Å²) in [7, 11) is 1.88. The Kier molecular flexibility index (Phi) is 7.81. The number of carbonyl (C=O) groups is 2. The predicted octanol–water partition coefficient (Wildman–Crippen LogP) is 0.699. The maximum atomic E-state index is 13.5. The highest BCUT2D eigenvalue weighted by Crippen LogP contribution is 2.07. The number of amides is 2. The molecule has 1 fully saturated rings. The van der Waals surface area contributed by atoms with E-state index in [2.05, 4.69) is 15.5 Å². The average Bonchev–Trinajstić information content (AvgIpc) is 2.62. The van der Waals surface area contributed by atoms with Gasteiger partial charge < -0.3 is 15.5 Å². The lowest BCUT2D eigenvalue weighted by Crippen LogP contribution is -2.50. The quantitative estimate of drug-likeness (QED) is 0.678. The summed E-state index contributed by atoms with van der Waals surface area (Å²) in [6.45, 7) is 5.05. The third kappa shape index (κ3) is 6.10. The van der Waals surface area contributed by atoms with E-state index >= 15 is 0 Å². The molecule has 0 atom stereocenters. The van der Waals surface area contributed by atoms with Gasteiger partial charge in [0.05, 0.1) is 5.56 Å². The molecule has 1 aliphatic rings. The van der Waals surface area contributed by atoms with Crippen LogP contribution in [-0.4, -0.2) is 74.5 Å². The molecule has 1 aromatic rings. The second-order valence-electron chi connectivity index (χ2n) is 6.17. The molecule has 138 valence electrons. The number of rotatable bonds is 8. The lowest BCUT2D eigenvalue weighted by Gasteiger charge is -2.34. The number of halogens is 1. The lowest BCUT2D eigenvalue weighted by atomic mass is 10.2. The molecule has 1 saturated heterocycles. The van der Waals surface area contributed by atoms with Gasteiger partial charge in [-0.2, -0.15) is 0 Å². The summed E-state index contributed by atoms with van der Waals surface area (Å²) in [6.07, 6.45) is 1.44. The van der Waals surface area contributed by atoms with Gasteiger partial charge in [-0.1, -0.05) is 12.1 Å². The molecule has 0 aliphatic carbocycles. The number of piperazine rings is 1. The van der Waals surface area contributed by atoms with Crippen LogP contribution in [0.3, 0.4) is 0 Å². The minimum Gasteiger partial charge on any atom is -0.351 e. The lowest BCUT2D eigenvalue weighted by molar-refractivity contribution is -0.133. The number of benzene rings is 1. The first-order valence-electron chi connectivity index (χ1n) is 8.79. The monoisotopic (exact) mass is 350 g/mol. The fourth-order valence-corrected chi connectivity index (χ4v) is 2.86. The Bertz CT molecular complexity index is 574. The van der Waals surface area contributed by atoms with Gasteiger partial charge in [-0.25, -0.2) is 4.39 Å². The van der Waals surface area contributed by atoms with Crippen LogP contribution in [0.25, 0.3) is 0 Å². The Balaban J connectivity index is 1.65. The van der Waals surface area contributed by atoms with E-state index in [0.29, 0.717) is 19.5 Å². The highest BCUT2D eigenvalue weighted by molar-refractivity contribution is 5.94. The number of hydrogen-bond donors (Lipinski definition) is 2. The van der Waals surface area contributed by atoms with E-state index in [0.717, 1.165) is 39.1 Å². The van der Waals surface area contributed by atoms with Crippen molar-refractivity contribution in [1.82, 2.24) is 20.4 Å². The van der Waals surface area contributed by atoms with Crippen LogP contribution in [0.4, 0.5) is 4.39 Å². The molecule has 2 rings (SSSR count). The summed E-state index contributed by atoms with van der Waals surface area (Å²) in [5.74, 6) is -0.690. The molecular weight excluding hydrogens is 323 g/mol. The summed E-state index contributed by atoms with van der Waals surface area (Å²) in [5, 5.41) is 5.79. The summed E-state index contributed by atoms with van der Waals surface area (Å²) in [4.78, 5) is 28.1. The Labute approximate surface area is 148 Å². The molecule has 25 heavy (non-hydrogen) atoms. The summed E-state index contributed by atoms with van der Waals surface area (Å²) in [5.41, 5.74) is 0.0690. The van der Waals surface area contributed by atoms with Crippen molar-refractivity contribution in [1.29, 1.82) is 0 Å². The van der Waals surface area contributed by atoms with Gasteiger partial charge in [-0.05, 0) is 32.1 Å². The molecule has 0 aromatic heterocycles. The van der Waals surface area contributed by atoms with Gasteiger partial charge in [-0.15, -0.1) is 0 Å². The van der Waals surface area contributed by atoms with Crippen LogP contribution in [0, 0.1) is 5.82 Å². The van der Waals surface area contributed by atoms with E-state index in [-0.39, 0.29) is 11.5 Å². The zero-order valence-corrected chi connectivity index (χ0v) is 14.8. The summed E-state index contributed by atoms with van der Waals surface area (Å²) < 4.78 is 13.5. The summed E-state index contributed by atoms with van der Waals surface area (Å²) >= 11 is 0. The van der Waals surface area contributed by atoms with E-state index in [1.807, 2.05) is 11.9 Å². The number of nitrogens with zero attached hydrogens (tertiary/aromatic N) is 2. The maximum absolute atomic E-state index is 13.5. The highest BCUT2D eigenvalue weighted by atomic mass is 19.1. The van der Waals surface area contributed by atoms with Crippen LogP contribution in [0.5, 0.6) is 0 Å². The standard InChI is InChI=1S/C18H27FN4O2/c1-20-8-4-7-17(24)23-13-11-22(12-14-23)10-9-21-18(25)15-5-2-3-6-16(15)19/h2-3,5-6,20H,4,7-14H2,1H3,(H,21,25). The van der Waals surface area contributed by atoms with E-state index in [4.69, 9.17) is 0 Å². The normalized spacial score (nSPS) is 15.2. The molecule has 0 unspecified atom stereocenters. The highest BCUT2D eigenvalue weighted by Gasteiger charge is 2.20. The molecule has 0 radical (unpaired) electrons. The largest absolute Gasteiger partial charge is 0.351 e. The van der Waals surface area contributed by atoms with E-state index in [9.17, 15) is 14.0 Å². The van der Waals surface area contributed by atoms with Crippen LogP contribution in [-0.2, 0) is 4.79 Å². The molecule has 6 nitrogen and oxygen atoms in total. The molecule has 2 N–H and O–H groups in total. The minimum atomic E-state index is -0.509. The third-order valence-corrected chi connectivity index (χ3v) is 4.37. The Morgan fingerprint density at radius 3 is 2.52 bits per heavy atom. The predicted molar refractivity (Wildman–Crippen MR) is 94.9 cm³/mol. The van der Waals surface area contributed by atoms with Crippen molar-refractivity contribution in [2.24, 2.45) is 0 Å². The van der Waals surface area contributed by atoms with Crippen molar-refractivity contribution < 1.29 is 14.0 Å². The second kappa shape index (κ2) is 10.1.